The number of aryl methyl sites for hydroxylation is 2. The van der Waals surface area contributed by atoms with Gasteiger partial charge in [-0.05, 0) is 120 Å². The highest BCUT2D eigenvalue weighted by Crippen LogP contribution is 2.41. The molecular weight excluding hydrogens is 620 g/mol. The van der Waals surface area contributed by atoms with Gasteiger partial charge in [-0.3, -0.25) is 4.79 Å². The zero-order chi connectivity index (χ0) is 36.7. The number of carbonyl (C=O) groups is 1. The van der Waals surface area contributed by atoms with E-state index in [0.29, 0.717) is 23.0 Å². The van der Waals surface area contributed by atoms with Crippen LogP contribution in [-0.2, 0) is 33.5 Å². The second kappa shape index (κ2) is 24.7. The molecular formula is C45H64O5. The van der Waals surface area contributed by atoms with Crippen LogP contribution in [0.25, 0.3) is 11.1 Å². The van der Waals surface area contributed by atoms with Gasteiger partial charge in [0.25, 0.3) is 0 Å². The number of benzene rings is 3. The minimum absolute atomic E-state index is 0.115. The average molecular weight is 685 g/mol. The van der Waals surface area contributed by atoms with Crippen molar-refractivity contribution < 1.29 is 24.5 Å². The van der Waals surface area contributed by atoms with Crippen LogP contribution in [0, 0.1) is 5.92 Å². The number of aliphatic hydroxyl groups is 2. The largest absolute Gasteiger partial charge is 0.392 e. The Bertz CT molecular complexity index is 1370. The standard InChI is InChI=1S/C37H50O2.C4H8O2.C4H6O/c1-5-7-8-9-31-22-23-37(25-30(31)6-2)36-20-18-35(19-21-36)34-16-14-33(15-17-34)32-12-10-28(11-13-32)24-29(26-38-3)27-39-4;1-4(2-5)3-6;1-4(2)3-5/h10-17,22-23,25,29,35-36H,5-9,18-21,24,26-27H2,1-4H3;5-6H,1-3H2;3H,1H2,2H3. The maximum Gasteiger partial charge on any atom is 0.145 e. The normalized spacial score (nSPS) is 15.4. The maximum absolute atomic E-state index is 9.41. The van der Waals surface area contributed by atoms with Crippen molar-refractivity contribution >= 4 is 6.29 Å². The summed E-state index contributed by atoms with van der Waals surface area (Å²) in [7, 11) is 3.52. The molecule has 1 aliphatic carbocycles. The summed E-state index contributed by atoms with van der Waals surface area (Å²) in [6.45, 7) is 14.1. The predicted octanol–water partition coefficient (Wildman–Crippen LogP) is 9.83. The third kappa shape index (κ3) is 15.3. The Morgan fingerprint density at radius 3 is 1.72 bits per heavy atom. The quantitative estimate of drug-likeness (QED) is 0.0641. The van der Waals surface area contributed by atoms with Crippen LogP contribution in [0.1, 0.15) is 105 Å². The molecule has 5 heteroatoms. The SMILES string of the molecule is C=C(C)C=O.C=C(CO)CO.CCCCCc1ccc(C2CCC(c3ccc(-c4ccc(CC(COC)COC)cc4)cc3)CC2)cc1CC. The summed E-state index contributed by atoms with van der Waals surface area (Å²) in [6.07, 6.45) is 13.3. The van der Waals surface area contributed by atoms with Crippen molar-refractivity contribution in [3.63, 3.8) is 0 Å². The van der Waals surface area contributed by atoms with Gasteiger partial charge in [0.05, 0.1) is 26.4 Å². The second-order valence-corrected chi connectivity index (χ2v) is 13.7. The minimum atomic E-state index is -0.115. The Morgan fingerprint density at radius 2 is 1.28 bits per heavy atom. The van der Waals surface area contributed by atoms with Gasteiger partial charge >= 0.3 is 0 Å². The molecule has 50 heavy (non-hydrogen) atoms. The van der Waals surface area contributed by atoms with Gasteiger partial charge < -0.3 is 19.7 Å². The first-order chi connectivity index (χ1) is 24.2. The van der Waals surface area contributed by atoms with E-state index in [2.05, 4.69) is 93.7 Å². The lowest BCUT2D eigenvalue weighted by molar-refractivity contribution is -0.104. The molecule has 0 unspecified atom stereocenters. The van der Waals surface area contributed by atoms with Gasteiger partial charge in [-0.2, -0.15) is 0 Å². The molecule has 0 spiro atoms. The summed E-state index contributed by atoms with van der Waals surface area (Å²) >= 11 is 0. The summed E-state index contributed by atoms with van der Waals surface area (Å²) in [5, 5.41) is 16.2. The van der Waals surface area contributed by atoms with Crippen LogP contribution in [0.3, 0.4) is 0 Å². The molecule has 0 aromatic heterocycles. The van der Waals surface area contributed by atoms with Crippen LogP contribution in [-0.4, -0.2) is 57.1 Å². The monoisotopic (exact) mass is 684 g/mol. The van der Waals surface area contributed by atoms with E-state index in [1.165, 1.54) is 73.6 Å². The molecule has 3 aromatic carbocycles. The molecule has 2 N–H and O–H groups in total. The third-order valence-corrected chi connectivity index (χ3v) is 9.51. The Hall–Kier alpha value is -3.35. The van der Waals surface area contributed by atoms with Gasteiger partial charge in [0.2, 0.25) is 0 Å². The molecule has 0 radical (unpaired) electrons. The van der Waals surface area contributed by atoms with Gasteiger partial charge in [-0.1, -0.05) is 107 Å². The molecule has 0 aliphatic heterocycles. The molecule has 274 valence electrons. The highest BCUT2D eigenvalue weighted by molar-refractivity contribution is 5.70. The molecule has 0 heterocycles. The van der Waals surface area contributed by atoms with Crippen molar-refractivity contribution in [1.29, 1.82) is 0 Å². The summed E-state index contributed by atoms with van der Waals surface area (Å²) in [6, 6.07) is 25.8. The van der Waals surface area contributed by atoms with Crippen molar-refractivity contribution in [2.75, 3.05) is 40.6 Å². The summed E-state index contributed by atoms with van der Waals surface area (Å²) in [5.41, 5.74) is 11.2. The van der Waals surface area contributed by atoms with Crippen LogP contribution in [0.5, 0.6) is 0 Å². The fourth-order valence-electron chi connectivity index (χ4n) is 6.60. The summed E-state index contributed by atoms with van der Waals surface area (Å²) in [5.74, 6) is 1.81. The number of hydrogen-bond acceptors (Lipinski definition) is 5. The first-order valence-electron chi connectivity index (χ1n) is 18.5. The van der Waals surface area contributed by atoms with Crippen molar-refractivity contribution in [1.82, 2.24) is 0 Å². The lowest BCUT2D eigenvalue weighted by atomic mass is 9.75. The van der Waals surface area contributed by atoms with Crippen LogP contribution < -0.4 is 0 Å². The van der Waals surface area contributed by atoms with E-state index in [0.717, 1.165) is 38.3 Å². The lowest BCUT2D eigenvalue weighted by Crippen LogP contribution is -2.17. The average Bonchev–Trinajstić information content (AvgIpc) is 3.16. The number of unbranched alkanes of at least 4 members (excludes halogenated alkanes) is 2. The smallest absolute Gasteiger partial charge is 0.145 e. The number of aldehydes is 1. The van der Waals surface area contributed by atoms with E-state index >= 15 is 0 Å². The number of aliphatic hydroxyl groups excluding tert-OH is 2. The topological polar surface area (TPSA) is 76.0 Å². The van der Waals surface area contributed by atoms with Gasteiger partial charge in [0, 0.05) is 20.1 Å². The van der Waals surface area contributed by atoms with Crippen LogP contribution >= 0.6 is 0 Å². The molecule has 3 aromatic rings. The highest BCUT2D eigenvalue weighted by Gasteiger charge is 2.24. The number of carbonyl (C=O) groups excluding carboxylic acids is 1. The van der Waals surface area contributed by atoms with Crippen molar-refractivity contribution in [2.45, 2.75) is 96.8 Å². The maximum atomic E-state index is 9.41. The zero-order valence-electron chi connectivity index (χ0n) is 31.6. The van der Waals surface area contributed by atoms with E-state index in [1.807, 2.05) is 0 Å². The first-order valence-corrected chi connectivity index (χ1v) is 18.5. The molecule has 0 atom stereocenters. The highest BCUT2D eigenvalue weighted by atomic mass is 16.5. The van der Waals surface area contributed by atoms with E-state index in [-0.39, 0.29) is 13.2 Å². The van der Waals surface area contributed by atoms with Gasteiger partial charge in [-0.15, -0.1) is 0 Å². The lowest BCUT2D eigenvalue weighted by Gasteiger charge is -2.30. The predicted molar refractivity (Wildman–Crippen MR) is 210 cm³/mol. The van der Waals surface area contributed by atoms with Crippen LogP contribution in [0.2, 0.25) is 0 Å². The molecule has 1 fully saturated rings. The van der Waals surface area contributed by atoms with E-state index in [1.54, 1.807) is 37.8 Å². The molecule has 0 amide bonds. The molecule has 0 bridgehead atoms. The number of rotatable bonds is 17. The van der Waals surface area contributed by atoms with Gasteiger partial charge in [0.15, 0.2) is 0 Å². The Labute approximate surface area is 303 Å². The fourth-order valence-corrected chi connectivity index (χ4v) is 6.60. The molecule has 1 aliphatic rings. The third-order valence-electron chi connectivity index (χ3n) is 9.51. The van der Waals surface area contributed by atoms with Crippen molar-refractivity contribution in [3.8, 4) is 11.1 Å². The Morgan fingerprint density at radius 1 is 0.780 bits per heavy atom. The van der Waals surface area contributed by atoms with Crippen LogP contribution in [0.15, 0.2) is 91.0 Å². The minimum Gasteiger partial charge on any atom is -0.392 e. The van der Waals surface area contributed by atoms with E-state index < -0.39 is 0 Å². The second-order valence-electron chi connectivity index (χ2n) is 13.7. The summed E-state index contributed by atoms with van der Waals surface area (Å²) in [4.78, 5) is 9.41. The number of allylic oxidation sites excluding steroid dienone is 1. The number of methoxy groups -OCH3 is 2. The molecule has 5 nitrogen and oxygen atoms in total. The van der Waals surface area contributed by atoms with E-state index in [4.69, 9.17) is 19.7 Å². The fraction of sp³-hybridized carbons (Fsp3) is 0.489. The van der Waals surface area contributed by atoms with Gasteiger partial charge in [-0.25, -0.2) is 0 Å². The number of hydrogen-bond donors (Lipinski definition) is 2. The van der Waals surface area contributed by atoms with E-state index in [9.17, 15) is 4.79 Å². The Kier molecular flexibility index (Phi) is 21.2. The zero-order valence-corrected chi connectivity index (χ0v) is 31.6. The molecule has 0 saturated heterocycles. The van der Waals surface area contributed by atoms with Crippen LogP contribution in [0.4, 0.5) is 0 Å². The van der Waals surface area contributed by atoms with Crippen molar-refractivity contribution in [3.05, 3.63) is 119 Å². The molecule has 1 saturated carbocycles. The van der Waals surface area contributed by atoms with Gasteiger partial charge in [0.1, 0.15) is 6.29 Å². The molecule has 4 rings (SSSR count). The summed E-state index contributed by atoms with van der Waals surface area (Å²) < 4.78 is 10.7. The first kappa shape index (κ1) is 42.8. The number of ether oxygens (including phenoxy) is 2. The van der Waals surface area contributed by atoms with Crippen molar-refractivity contribution in [2.24, 2.45) is 5.92 Å². The Balaban J connectivity index is 0.000000684.